The van der Waals surface area contributed by atoms with Gasteiger partial charge in [0.1, 0.15) is 0 Å². The van der Waals surface area contributed by atoms with Gasteiger partial charge in [0.2, 0.25) is 0 Å². The molecule has 3 nitrogen and oxygen atoms in total. The second-order valence-electron chi connectivity index (χ2n) is 4.40. The van der Waals surface area contributed by atoms with Crippen molar-refractivity contribution in [2.45, 2.75) is 25.3 Å². The fourth-order valence-corrected chi connectivity index (χ4v) is 4.08. The SMILES string of the molecule is N#CCCN(C(=O)c1cc2sccc2s1)C1CC1. The molecule has 3 rings (SSSR count). The molecule has 0 unspecified atom stereocenters. The molecule has 0 saturated heterocycles. The number of fused-ring (bicyclic) bond motifs is 1. The maximum Gasteiger partial charge on any atom is 0.264 e. The quantitative estimate of drug-likeness (QED) is 0.858. The fourth-order valence-electron chi connectivity index (χ4n) is 2.02. The van der Waals surface area contributed by atoms with Gasteiger partial charge in [-0.3, -0.25) is 4.79 Å². The van der Waals surface area contributed by atoms with Crippen molar-refractivity contribution in [2.75, 3.05) is 6.54 Å². The molecular weight excluding hydrogens is 264 g/mol. The number of carbonyl (C=O) groups is 1. The van der Waals surface area contributed by atoms with Gasteiger partial charge in [-0.05, 0) is 30.4 Å². The molecule has 0 spiro atoms. The molecule has 1 fully saturated rings. The zero-order valence-electron chi connectivity index (χ0n) is 9.76. The smallest absolute Gasteiger partial charge is 0.264 e. The zero-order chi connectivity index (χ0) is 12.5. The number of hydrogen-bond donors (Lipinski definition) is 0. The molecule has 0 bridgehead atoms. The van der Waals surface area contributed by atoms with Crippen LogP contribution in [0.2, 0.25) is 0 Å². The van der Waals surface area contributed by atoms with Crippen LogP contribution in [-0.2, 0) is 0 Å². The maximum atomic E-state index is 12.4. The molecule has 0 radical (unpaired) electrons. The van der Waals surface area contributed by atoms with E-state index in [1.165, 1.54) is 9.40 Å². The van der Waals surface area contributed by atoms with E-state index in [-0.39, 0.29) is 5.91 Å². The van der Waals surface area contributed by atoms with Crippen molar-refractivity contribution in [3.63, 3.8) is 0 Å². The molecular formula is C13H12N2OS2. The number of nitrogens with zero attached hydrogens (tertiary/aromatic N) is 2. The van der Waals surface area contributed by atoms with Gasteiger partial charge in [0, 0.05) is 22.0 Å². The molecule has 0 atom stereocenters. The Labute approximate surface area is 113 Å². The predicted octanol–water partition coefficient (Wildman–Crippen LogP) is 3.48. The third-order valence-corrected chi connectivity index (χ3v) is 5.14. The summed E-state index contributed by atoms with van der Waals surface area (Å²) in [5, 5.41) is 10.7. The highest BCUT2D eigenvalue weighted by Gasteiger charge is 2.33. The van der Waals surface area contributed by atoms with Crippen LogP contribution < -0.4 is 0 Å². The topological polar surface area (TPSA) is 44.1 Å². The Morgan fingerprint density at radius 1 is 1.50 bits per heavy atom. The average molecular weight is 276 g/mol. The number of nitriles is 1. The molecule has 2 heterocycles. The van der Waals surface area contributed by atoms with Gasteiger partial charge in [-0.15, -0.1) is 22.7 Å². The summed E-state index contributed by atoms with van der Waals surface area (Å²) in [6.45, 7) is 0.561. The van der Waals surface area contributed by atoms with Crippen molar-refractivity contribution in [1.29, 1.82) is 5.26 Å². The van der Waals surface area contributed by atoms with Gasteiger partial charge in [0.15, 0.2) is 0 Å². The van der Waals surface area contributed by atoms with Crippen LogP contribution in [0.5, 0.6) is 0 Å². The summed E-state index contributed by atoms with van der Waals surface area (Å²) >= 11 is 3.22. The molecule has 5 heteroatoms. The largest absolute Gasteiger partial charge is 0.334 e. The minimum atomic E-state index is 0.0983. The van der Waals surface area contributed by atoms with E-state index in [1.807, 2.05) is 16.3 Å². The summed E-state index contributed by atoms with van der Waals surface area (Å²) in [7, 11) is 0. The molecule has 0 aromatic carbocycles. The van der Waals surface area contributed by atoms with Crippen LogP contribution in [0.4, 0.5) is 0 Å². The highest BCUT2D eigenvalue weighted by Crippen LogP contribution is 2.33. The Bertz CT molecular complexity index is 590. The Hall–Kier alpha value is -1.38. The minimum absolute atomic E-state index is 0.0983. The molecule has 0 N–H and O–H groups in total. The molecule has 0 aliphatic heterocycles. The summed E-state index contributed by atoms with van der Waals surface area (Å²) in [5.74, 6) is 0.0983. The van der Waals surface area contributed by atoms with Gasteiger partial charge >= 0.3 is 0 Å². The van der Waals surface area contributed by atoms with Gasteiger partial charge in [-0.2, -0.15) is 5.26 Å². The van der Waals surface area contributed by atoms with Crippen LogP contribution in [-0.4, -0.2) is 23.4 Å². The first-order valence-electron chi connectivity index (χ1n) is 5.94. The lowest BCUT2D eigenvalue weighted by Gasteiger charge is -2.20. The van der Waals surface area contributed by atoms with Crippen LogP contribution >= 0.6 is 22.7 Å². The Morgan fingerprint density at radius 2 is 2.33 bits per heavy atom. The molecule has 2 aromatic rings. The molecule has 1 aliphatic carbocycles. The van der Waals surface area contributed by atoms with Gasteiger partial charge in [-0.1, -0.05) is 0 Å². The standard InChI is InChI=1S/C13H12N2OS2/c14-5-1-6-15(9-2-3-9)13(16)12-8-11-10(18-12)4-7-17-11/h4,7-9H,1-3,6H2. The first kappa shape index (κ1) is 11.7. The number of hydrogen-bond acceptors (Lipinski definition) is 4. The second kappa shape index (κ2) is 4.71. The lowest BCUT2D eigenvalue weighted by molar-refractivity contribution is 0.0752. The lowest BCUT2D eigenvalue weighted by atomic mass is 10.3. The van der Waals surface area contributed by atoms with Gasteiger partial charge in [0.25, 0.3) is 5.91 Å². The van der Waals surface area contributed by atoms with E-state index in [2.05, 4.69) is 12.1 Å². The van der Waals surface area contributed by atoms with Crippen molar-refractivity contribution in [3.8, 4) is 6.07 Å². The van der Waals surface area contributed by atoms with Crippen molar-refractivity contribution >= 4 is 38.0 Å². The monoisotopic (exact) mass is 276 g/mol. The van der Waals surface area contributed by atoms with Crippen molar-refractivity contribution < 1.29 is 4.79 Å². The van der Waals surface area contributed by atoms with Gasteiger partial charge < -0.3 is 4.90 Å². The summed E-state index contributed by atoms with van der Waals surface area (Å²) < 4.78 is 2.36. The summed E-state index contributed by atoms with van der Waals surface area (Å²) in [6.07, 6.45) is 2.58. The van der Waals surface area contributed by atoms with Crippen molar-refractivity contribution in [2.24, 2.45) is 0 Å². The van der Waals surface area contributed by atoms with E-state index in [0.29, 0.717) is 19.0 Å². The molecule has 92 valence electrons. The van der Waals surface area contributed by atoms with Crippen molar-refractivity contribution in [1.82, 2.24) is 4.90 Å². The number of rotatable bonds is 4. The molecule has 1 saturated carbocycles. The molecule has 2 aromatic heterocycles. The third kappa shape index (κ3) is 2.14. The van der Waals surface area contributed by atoms with E-state index in [4.69, 9.17) is 5.26 Å². The predicted molar refractivity (Wildman–Crippen MR) is 74.0 cm³/mol. The molecule has 1 amide bonds. The normalized spacial score (nSPS) is 14.6. The number of amides is 1. The van der Waals surface area contributed by atoms with Crippen LogP contribution in [0.15, 0.2) is 17.5 Å². The summed E-state index contributed by atoms with van der Waals surface area (Å²) in [4.78, 5) is 15.1. The fraction of sp³-hybridized carbons (Fsp3) is 0.385. The minimum Gasteiger partial charge on any atom is -0.334 e. The summed E-state index contributed by atoms with van der Waals surface area (Å²) in [6, 6.07) is 6.52. The number of thiophene rings is 2. The van der Waals surface area contributed by atoms with Gasteiger partial charge in [0.05, 0.1) is 17.4 Å². The molecule has 1 aliphatic rings. The van der Waals surface area contributed by atoms with E-state index in [9.17, 15) is 4.79 Å². The zero-order valence-corrected chi connectivity index (χ0v) is 11.4. The van der Waals surface area contributed by atoms with E-state index >= 15 is 0 Å². The Balaban J connectivity index is 1.83. The number of carbonyl (C=O) groups excluding carboxylic acids is 1. The van der Waals surface area contributed by atoms with Crippen molar-refractivity contribution in [3.05, 3.63) is 22.4 Å². The Morgan fingerprint density at radius 3 is 3.00 bits per heavy atom. The molecule has 18 heavy (non-hydrogen) atoms. The lowest BCUT2D eigenvalue weighted by Crippen LogP contribution is -2.33. The first-order valence-corrected chi connectivity index (χ1v) is 7.64. The first-order chi connectivity index (χ1) is 8.79. The van der Waals surface area contributed by atoms with Crippen LogP contribution in [0.25, 0.3) is 9.40 Å². The highest BCUT2D eigenvalue weighted by molar-refractivity contribution is 7.27. The maximum absolute atomic E-state index is 12.4. The average Bonchev–Trinajstić information content (AvgIpc) is 2.96. The van der Waals surface area contributed by atoms with E-state index in [1.54, 1.807) is 22.7 Å². The van der Waals surface area contributed by atoms with Gasteiger partial charge in [-0.25, -0.2) is 0 Å². The Kier molecular flexibility index (Phi) is 3.06. The summed E-state index contributed by atoms with van der Waals surface area (Å²) in [5.41, 5.74) is 0. The van der Waals surface area contributed by atoms with Crippen LogP contribution in [0.3, 0.4) is 0 Å². The second-order valence-corrected chi connectivity index (χ2v) is 6.43. The van der Waals surface area contributed by atoms with Crippen LogP contribution in [0.1, 0.15) is 28.9 Å². The van der Waals surface area contributed by atoms with E-state index in [0.717, 1.165) is 17.7 Å². The van der Waals surface area contributed by atoms with E-state index < -0.39 is 0 Å². The highest BCUT2D eigenvalue weighted by atomic mass is 32.1. The van der Waals surface area contributed by atoms with Crippen LogP contribution in [0, 0.1) is 11.3 Å². The third-order valence-electron chi connectivity index (χ3n) is 3.06.